The van der Waals surface area contributed by atoms with Gasteiger partial charge in [-0.3, -0.25) is 4.79 Å². The van der Waals surface area contributed by atoms with Gasteiger partial charge in [0.15, 0.2) is 0 Å². The molecule has 14 heavy (non-hydrogen) atoms. The number of carbonyl (C=O) groups is 1. The number of likely N-dealkylation sites (tertiary alicyclic amines) is 1. The SMILES string of the molecule is C=CC(=O)N1CC2(CC(C)C2)C1.CC. The number of amides is 1. The Morgan fingerprint density at radius 2 is 1.93 bits per heavy atom. The van der Waals surface area contributed by atoms with Crippen LogP contribution in [0.4, 0.5) is 0 Å². The van der Waals surface area contributed by atoms with Crippen molar-refractivity contribution in [2.45, 2.75) is 33.6 Å². The van der Waals surface area contributed by atoms with Crippen molar-refractivity contribution in [3.8, 4) is 0 Å². The smallest absolute Gasteiger partial charge is 0.245 e. The fourth-order valence-electron chi connectivity index (χ4n) is 2.73. The second-order valence-electron chi connectivity index (χ2n) is 4.41. The van der Waals surface area contributed by atoms with E-state index in [1.165, 1.54) is 18.9 Å². The standard InChI is InChI=1S/C10H15NO.C2H6/c1-3-9(12)11-6-10(7-11)4-8(2)5-10;1-2/h3,8H,1,4-7H2,2H3;1-2H3. The number of hydrogen-bond donors (Lipinski definition) is 0. The lowest BCUT2D eigenvalue weighted by molar-refractivity contribution is -0.148. The molecule has 1 amide bonds. The first-order valence-corrected chi connectivity index (χ1v) is 5.57. The summed E-state index contributed by atoms with van der Waals surface area (Å²) in [4.78, 5) is 13.0. The minimum absolute atomic E-state index is 0.0974. The van der Waals surface area contributed by atoms with Crippen LogP contribution in [0.15, 0.2) is 12.7 Å². The molecule has 0 aromatic rings. The van der Waals surface area contributed by atoms with Gasteiger partial charge < -0.3 is 4.90 Å². The van der Waals surface area contributed by atoms with Crippen molar-refractivity contribution in [3.05, 3.63) is 12.7 Å². The molecular formula is C12H21NO. The van der Waals surface area contributed by atoms with Gasteiger partial charge in [0.2, 0.25) is 5.91 Å². The molecule has 2 rings (SSSR count). The first-order valence-electron chi connectivity index (χ1n) is 5.57. The number of nitrogens with zero attached hydrogens (tertiary/aromatic N) is 1. The minimum Gasteiger partial charge on any atom is -0.338 e. The first kappa shape index (κ1) is 11.3. The quantitative estimate of drug-likeness (QED) is 0.589. The van der Waals surface area contributed by atoms with Crippen molar-refractivity contribution in [3.63, 3.8) is 0 Å². The van der Waals surface area contributed by atoms with Crippen LogP contribution in [-0.4, -0.2) is 23.9 Å². The average Bonchev–Trinajstić information content (AvgIpc) is 2.11. The highest BCUT2D eigenvalue weighted by Crippen LogP contribution is 2.51. The lowest BCUT2D eigenvalue weighted by Gasteiger charge is -2.58. The molecule has 2 fully saturated rings. The van der Waals surface area contributed by atoms with Gasteiger partial charge in [0.05, 0.1) is 0 Å². The molecule has 80 valence electrons. The molecule has 1 saturated carbocycles. The van der Waals surface area contributed by atoms with Gasteiger partial charge in [-0.2, -0.15) is 0 Å². The Morgan fingerprint density at radius 1 is 1.43 bits per heavy atom. The third-order valence-electron chi connectivity index (χ3n) is 3.10. The summed E-state index contributed by atoms with van der Waals surface area (Å²) in [5.74, 6) is 0.978. The van der Waals surface area contributed by atoms with E-state index in [0.29, 0.717) is 5.41 Å². The van der Waals surface area contributed by atoms with E-state index in [9.17, 15) is 4.79 Å². The van der Waals surface area contributed by atoms with Gasteiger partial charge >= 0.3 is 0 Å². The summed E-state index contributed by atoms with van der Waals surface area (Å²) >= 11 is 0. The average molecular weight is 195 g/mol. The summed E-state index contributed by atoms with van der Waals surface area (Å²) in [6.45, 7) is 11.7. The van der Waals surface area contributed by atoms with Gasteiger partial charge in [0.25, 0.3) is 0 Å². The van der Waals surface area contributed by atoms with Gasteiger partial charge in [-0.15, -0.1) is 0 Å². The second-order valence-corrected chi connectivity index (χ2v) is 4.41. The van der Waals surface area contributed by atoms with Crippen LogP contribution in [0, 0.1) is 11.3 Å². The summed E-state index contributed by atoms with van der Waals surface area (Å²) in [6, 6.07) is 0. The minimum atomic E-state index is 0.0974. The monoisotopic (exact) mass is 195 g/mol. The van der Waals surface area contributed by atoms with E-state index < -0.39 is 0 Å². The van der Waals surface area contributed by atoms with E-state index >= 15 is 0 Å². The fourth-order valence-corrected chi connectivity index (χ4v) is 2.73. The van der Waals surface area contributed by atoms with Crippen LogP contribution in [0.5, 0.6) is 0 Å². The van der Waals surface area contributed by atoms with Gasteiger partial charge in [-0.25, -0.2) is 0 Å². The van der Waals surface area contributed by atoms with E-state index in [1.807, 2.05) is 18.7 Å². The summed E-state index contributed by atoms with van der Waals surface area (Å²) in [5, 5.41) is 0. The molecule has 1 spiro atoms. The van der Waals surface area contributed by atoms with E-state index in [4.69, 9.17) is 0 Å². The van der Waals surface area contributed by atoms with E-state index in [0.717, 1.165) is 19.0 Å². The van der Waals surface area contributed by atoms with Gasteiger partial charge in [0.1, 0.15) is 0 Å². The van der Waals surface area contributed by atoms with Gasteiger partial charge in [-0.1, -0.05) is 27.4 Å². The van der Waals surface area contributed by atoms with E-state index in [-0.39, 0.29) is 5.91 Å². The highest BCUT2D eigenvalue weighted by atomic mass is 16.2. The number of hydrogen-bond acceptors (Lipinski definition) is 1. The molecular weight excluding hydrogens is 174 g/mol. The molecule has 0 atom stereocenters. The molecule has 2 nitrogen and oxygen atoms in total. The molecule has 0 unspecified atom stereocenters. The third kappa shape index (κ3) is 1.84. The lowest BCUT2D eigenvalue weighted by atomic mass is 9.58. The normalized spacial score (nSPS) is 22.9. The predicted molar refractivity (Wildman–Crippen MR) is 59.0 cm³/mol. The number of carbonyl (C=O) groups excluding carboxylic acids is 1. The molecule has 1 aliphatic carbocycles. The summed E-state index contributed by atoms with van der Waals surface area (Å²) in [5.41, 5.74) is 0.526. The van der Waals surface area contributed by atoms with Crippen molar-refractivity contribution in [2.24, 2.45) is 11.3 Å². The maximum absolute atomic E-state index is 11.1. The highest BCUT2D eigenvalue weighted by molar-refractivity contribution is 5.87. The Morgan fingerprint density at radius 3 is 2.29 bits per heavy atom. The zero-order chi connectivity index (χ0) is 10.8. The zero-order valence-electron chi connectivity index (χ0n) is 9.55. The molecule has 0 aromatic carbocycles. The van der Waals surface area contributed by atoms with Crippen LogP contribution in [-0.2, 0) is 4.79 Å². The van der Waals surface area contributed by atoms with Crippen LogP contribution in [0.3, 0.4) is 0 Å². The Labute approximate surface area is 87.0 Å². The number of rotatable bonds is 1. The molecule has 2 aliphatic rings. The summed E-state index contributed by atoms with van der Waals surface area (Å²) in [6.07, 6.45) is 4.04. The molecule has 2 heteroatoms. The lowest BCUT2D eigenvalue weighted by Crippen LogP contribution is -2.63. The summed E-state index contributed by atoms with van der Waals surface area (Å²) < 4.78 is 0. The molecule has 1 aliphatic heterocycles. The van der Waals surface area contributed by atoms with Crippen molar-refractivity contribution in [1.29, 1.82) is 0 Å². The molecule has 1 saturated heterocycles. The fraction of sp³-hybridized carbons (Fsp3) is 0.750. The predicted octanol–water partition coefficient (Wildman–Crippen LogP) is 2.46. The third-order valence-corrected chi connectivity index (χ3v) is 3.10. The Kier molecular flexibility index (Phi) is 3.35. The maximum Gasteiger partial charge on any atom is 0.245 e. The molecule has 0 radical (unpaired) electrons. The highest BCUT2D eigenvalue weighted by Gasteiger charge is 2.51. The van der Waals surface area contributed by atoms with E-state index in [2.05, 4.69) is 13.5 Å². The van der Waals surface area contributed by atoms with Crippen molar-refractivity contribution in [2.75, 3.05) is 13.1 Å². The Bertz CT molecular complexity index is 220. The van der Waals surface area contributed by atoms with Crippen LogP contribution >= 0.6 is 0 Å². The molecule has 0 N–H and O–H groups in total. The van der Waals surface area contributed by atoms with Crippen LogP contribution in [0.1, 0.15) is 33.6 Å². The van der Waals surface area contributed by atoms with Crippen LogP contribution in [0.25, 0.3) is 0 Å². The Hall–Kier alpha value is -0.790. The molecule has 0 bridgehead atoms. The first-order chi connectivity index (χ1) is 6.65. The van der Waals surface area contributed by atoms with Gasteiger partial charge in [0, 0.05) is 18.5 Å². The second kappa shape index (κ2) is 4.16. The van der Waals surface area contributed by atoms with Crippen molar-refractivity contribution >= 4 is 5.91 Å². The zero-order valence-corrected chi connectivity index (χ0v) is 9.55. The van der Waals surface area contributed by atoms with Crippen LogP contribution < -0.4 is 0 Å². The topological polar surface area (TPSA) is 20.3 Å². The summed E-state index contributed by atoms with van der Waals surface area (Å²) in [7, 11) is 0. The molecule has 0 aromatic heterocycles. The van der Waals surface area contributed by atoms with E-state index in [1.54, 1.807) is 0 Å². The molecule has 1 heterocycles. The van der Waals surface area contributed by atoms with Crippen molar-refractivity contribution in [1.82, 2.24) is 4.90 Å². The maximum atomic E-state index is 11.1. The van der Waals surface area contributed by atoms with Gasteiger partial charge in [-0.05, 0) is 24.8 Å². The largest absolute Gasteiger partial charge is 0.338 e. The Balaban J connectivity index is 0.000000461. The van der Waals surface area contributed by atoms with Crippen molar-refractivity contribution < 1.29 is 4.79 Å². The van der Waals surface area contributed by atoms with Crippen LogP contribution in [0.2, 0.25) is 0 Å².